The third-order valence-corrected chi connectivity index (χ3v) is 1.98. The molecule has 11 heavy (non-hydrogen) atoms. The minimum Gasteiger partial charge on any atom is -0.394 e. The van der Waals surface area contributed by atoms with Crippen molar-refractivity contribution in [3.05, 3.63) is 12.7 Å². The van der Waals surface area contributed by atoms with Crippen LogP contribution in [0.3, 0.4) is 0 Å². The van der Waals surface area contributed by atoms with Crippen molar-refractivity contribution in [3.8, 4) is 0 Å². The van der Waals surface area contributed by atoms with Crippen molar-refractivity contribution in [1.29, 1.82) is 0 Å². The number of hydrogen-bond donors (Lipinski definition) is 2. The van der Waals surface area contributed by atoms with Gasteiger partial charge in [-0.25, -0.2) is 0 Å². The molecule has 2 heteroatoms. The Morgan fingerprint density at radius 2 is 2.00 bits per heavy atom. The lowest BCUT2D eigenvalue weighted by atomic mass is 9.88. The molecule has 0 radical (unpaired) electrons. The van der Waals surface area contributed by atoms with Gasteiger partial charge in [0.25, 0.3) is 0 Å². The molecule has 2 nitrogen and oxygen atoms in total. The predicted octanol–water partition coefficient (Wildman–Crippen LogP) is 1.19. The summed E-state index contributed by atoms with van der Waals surface area (Å²) in [6, 6.07) is 0. The first-order valence-electron chi connectivity index (χ1n) is 4.03. The van der Waals surface area contributed by atoms with Crippen molar-refractivity contribution in [1.82, 2.24) is 0 Å². The monoisotopic (exact) mass is 158 g/mol. The second kappa shape index (κ2) is 5.33. The Labute approximate surface area is 68.6 Å². The maximum absolute atomic E-state index is 9.32. The van der Waals surface area contributed by atoms with Gasteiger partial charge in [-0.3, -0.25) is 0 Å². The molecule has 2 N–H and O–H groups in total. The quantitative estimate of drug-likeness (QED) is 0.590. The van der Waals surface area contributed by atoms with Crippen LogP contribution >= 0.6 is 0 Å². The lowest BCUT2D eigenvalue weighted by Crippen LogP contribution is -2.27. The molecular formula is C9H18O2. The van der Waals surface area contributed by atoms with Crippen LogP contribution in [0.15, 0.2) is 12.7 Å². The van der Waals surface area contributed by atoms with E-state index in [0.717, 1.165) is 6.42 Å². The Bertz CT molecular complexity index is 110. The maximum atomic E-state index is 9.32. The molecule has 2 atom stereocenters. The van der Waals surface area contributed by atoms with Gasteiger partial charge in [0.2, 0.25) is 0 Å². The van der Waals surface area contributed by atoms with Crippen LogP contribution in [-0.4, -0.2) is 22.9 Å². The fourth-order valence-corrected chi connectivity index (χ4v) is 1.20. The Kier molecular flexibility index (Phi) is 5.16. The third-order valence-electron chi connectivity index (χ3n) is 1.98. The smallest absolute Gasteiger partial charge is 0.0804 e. The number of rotatable bonds is 5. The normalized spacial score (nSPS) is 16.5. The summed E-state index contributed by atoms with van der Waals surface area (Å²) in [5.41, 5.74) is 0. The van der Waals surface area contributed by atoms with Crippen LogP contribution in [0.5, 0.6) is 0 Å². The first-order valence-corrected chi connectivity index (χ1v) is 4.03. The van der Waals surface area contributed by atoms with Gasteiger partial charge >= 0.3 is 0 Å². The zero-order valence-corrected chi connectivity index (χ0v) is 7.33. The van der Waals surface area contributed by atoms with Crippen molar-refractivity contribution in [2.75, 3.05) is 6.61 Å². The second-order valence-corrected chi connectivity index (χ2v) is 3.18. The molecule has 0 bridgehead atoms. The molecule has 0 aromatic rings. The van der Waals surface area contributed by atoms with Gasteiger partial charge in [0.05, 0.1) is 12.7 Å². The lowest BCUT2D eigenvalue weighted by molar-refractivity contribution is 0.0303. The Morgan fingerprint density at radius 1 is 1.45 bits per heavy atom. The van der Waals surface area contributed by atoms with Crippen molar-refractivity contribution in [2.45, 2.75) is 26.4 Å². The van der Waals surface area contributed by atoms with Crippen molar-refractivity contribution >= 4 is 0 Å². The molecule has 0 aliphatic carbocycles. The molecule has 66 valence electrons. The van der Waals surface area contributed by atoms with Crippen LogP contribution in [0.2, 0.25) is 0 Å². The van der Waals surface area contributed by atoms with Gasteiger partial charge in [-0.2, -0.15) is 0 Å². The van der Waals surface area contributed by atoms with Crippen molar-refractivity contribution < 1.29 is 10.2 Å². The van der Waals surface area contributed by atoms with Gasteiger partial charge in [-0.1, -0.05) is 19.9 Å². The molecule has 0 aliphatic heterocycles. The van der Waals surface area contributed by atoms with Gasteiger partial charge < -0.3 is 10.2 Å². The highest BCUT2D eigenvalue weighted by Gasteiger charge is 2.19. The van der Waals surface area contributed by atoms with Gasteiger partial charge in [-0.15, -0.1) is 6.58 Å². The Hall–Kier alpha value is -0.340. The molecule has 0 rings (SSSR count). The van der Waals surface area contributed by atoms with E-state index >= 15 is 0 Å². The topological polar surface area (TPSA) is 40.5 Å². The highest BCUT2D eigenvalue weighted by molar-refractivity contribution is 4.79. The van der Waals surface area contributed by atoms with Crippen LogP contribution in [0.1, 0.15) is 20.3 Å². The second-order valence-electron chi connectivity index (χ2n) is 3.18. The minimum absolute atomic E-state index is 0.137. The van der Waals surface area contributed by atoms with Gasteiger partial charge in [0, 0.05) is 0 Å². The maximum Gasteiger partial charge on any atom is 0.0804 e. The van der Waals surface area contributed by atoms with Crippen LogP contribution in [0, 0.1) is 11.8 Å². The van der Waals surface area contributed by atoms with Crippen molar-refractivity contribution in [3.63, 3.8) is 0 Å². The first kappa shape index (κ1) is 10.7. The summed E-state index contributed by atoms with van der Waals surface area (Å²) >= 11 is 0. The van der Waals surface area contributed by atoms with Crippen LogP contribution in [-0.2, 0) is 0 Å². The number of allylic oxidation sites excluding steroid dienone is 1. The van der Waals surface area contributed by atoms with E-state index in [2.05, 4.69) is 6.58 Å². The summed E-state index contributed by atoms with van der Waals surface area (Å²) in [6.45, 7) is 7.52. The summed E-state index contributed by atoms with van der Waals surface area (Å²) in [6.07, 6.45) is 1.94. The van der Waals surface area contributed by atoms with Crippen LogP contribution in [0.4, 0.5) is 0 Å². The van der Waals surface area contributed by atoms with Crippen LogP contribution in [0.25, 0.3) is 0 Å². The number of hydrogen-bond acceptors (Lipinski definition) is 2. The summed E-state index contributed by atoms with van der Waals surface area (Å²) in [4.78, 5) is 0. The molecule has 0 heterocycles. The van der Waals surface area contributed by atoms with E-state index in [1.54, 1.807) is 6.08 Å². The molecule has 0 unspecified atom stereocenters. The zero-order valence-electron chi connectivity index (χ0n) is 7.33. The SMILES string of the molecule is C=CC[C@@H](C(C)C)[C@@H](O)CO. The van der Waals surface area contributed by atoms with E-state index in [9.17, 15) is 5.11 Å². The highest BCUT2D eigenvalue weighted by Crippen LogP contribution is 2.19. The molecule has 0 aliphatic rings. The van der Waals surface area contributed by atoms with E-state index in [0.29, 0.717) is 5.92 Å². The minimum atomic E-state index is -0.604. The first-order chi connectivity index (χ1) is 5.13. The number of aliphatic hydroxyl groups is 2. The summed E-state index contributed by atoms with van der Waals surface area (Å²) in [5, 5.41) is 18.0. The van der Waals surface area contributed by atoms with E-state index in [1.807, 2.05) is 13.8 Å². The highest BCUT2D eigenvalue weighted by atomic mass is 16.3. The molecule has 0 aromatic heterocycles. The van der Waals surface area contributed by atoms with Crippen LogP contribution < -0.4 is 0 Å². The summed E-state index contributed by atoms with van der Waals surface area (Å²) < 4.78 is 0. The number of aliphatic hydroxyl groups excluding tert-OH is 2. The van der Waals surface area contributed by atoms with Gasteiger partial charge in [0.1, 0.15) is 0 Å². The molecule has 0 aromatic carbocycles. The molecule has 0 amide bonds. The average molecular weight is 158 g/mol. The van der Waals surface area contributed by atoms with Gasteiger partial charge in [-0.05, 0) is 18.3 Å². The average Bonchev–Trinajstić information content (AvgIpc) is 1.98. The Balaban J connectivity index is 3.96. The summed E-state index contributed by atoms with van der Waals surface area (Å²) in [5.74, 6) is 0.521. The zero-order chi connectivity index (χ0) is 8.85. The van der Waals surface area contributed by atoms with E-state index < -0.39 is 6.10 Å². The molecule has 0 fully saturated rings. The van der Waals surface area contributed by atoms with E-state index in [-0.39, 0.29) is 12.5 Å². The van der Waals surface area contributed by atoms with E-state index in [4.69, 9.17) is 5.11 Å². The predicted molar refractivity (Wildman–Crippen MR) is 46.2 cm³/mol. The van der Waals surface area contributed by atoms with E-state index in [1.165, 1.54) is 0 Å². The summed E-state index contributed by atoms with van der Waals surface area (Å²) in [7, 11) is 0. The lowest BCUT2D eigenvalue weighted by Gasteiger charge is -2.23. The van der Waals surface area contributed by atoms with Crippen molar-refractivity contribution in [2.24, 2.45) is 11.8 Å². The van der Waals surface area contributed by atoms with Gasteiger partial charge in [0.15, 0.2) is 0 Å². The standard InChI is InChI=1S/C9H18O2/c1-4-5-8(7(2)3)9(11)6-10/h4,7-11H,1,5-6H2,2-3H3/t8-,9-/m0/s1. The molecule has 0 spiro atoms. The Morgan fingerprint density at radius 3 is 2.27 bits per heavy atom. The third kappa shape index (κ3) is 3.54. The molecule has 0 saturated heterocycles. The largest absolute Gasteiger partial charge is 0.394 e. The fraction of sp³-hybridized carbons (Fsp3) is 0.778. The molecular weight excluding hydrogens is 140 g/mol. The molecule has 0 saturated carbocycles. The fourth-order valence-electron chi connectivity index (χ4n) is 1.20.